The first-order valence-electron chi connectivity index (χ1n) is 10.9. The molecule has 0 saturated heterocycles. The molecule has 2 N–H and O–H groups in total. The van der Waals surface area contributed by atoms with Gasteiger partial charge in [0.15, 0.2) is 5.82 Å². The Morgan fingerprint density at radius 3 is 2.30 bits per heavy atom. The monoisotopic (exact) mass is 435 g/mol. The maximum atomic E-state index is 12.6. The standard InChI is InChI=1S/C28H25N3O2/c32-24-17-15-23(16-18-24)26-20-29-28(25(30-26)19-14-22-10-5-2-6-11-22)31-27(33)13-7-12-21-8-3-1-4-9-21/h1-6,8-11,14-20,32H,7,12-13H2,(H,29,31,33). The molecule has 0 radical (unpaired) electrons. The van der Waals surface area contributed by atoms with Crippen LogP contribution in [0.1, 0.15) is 29.7 Å². The zero-order chi connectivity index (χ0) is 22.9. The van der Waals surface area contributed by atoms with Crippen LogP contribution in [0.25, 0.3) is 23.4 Å². The first kappa shape index (κ1) is 22.0. The highest BCUT2D eigenvalue weighted by Gasteiger charge is 2.11. The third-order valence-electron chi connectivity index (χ3n) is 5.17. The lowest BCUT2D eigenvalue weighted by atomic mass is 10.1. The molecule has 33 heavy (non-hydrogen) atoms. The molecule has 3 aromatic carbocycles. The van der Waals surface area contributed by atoms with Crippen molar-refractivity contribution in [3.05, 3.63) is 108 Å². The van der Waals surface area contributed by atoms with Crippen LogP contribution in [0, 0.1) is 0 Å². The van der Waals surface area contributed by atoms with Crippen molar-refractivity contribution in [1.82, 2.24) is 9.97 Å². The molecule has 0 fully saturated rings. The molecule has 0 aliphatic carbocycles. The number of rotatable bonds is 8. The van der Waals surface area contributed by atoms with Crippen molar-refractivity contribution in [3.63, 3.8) is 0 Å². The van der Waals surface area contributed by atoms with Gasteiger partial charge < -0.3 is 10.4 Å². The SMILES string of the molecule is O=C(CCCc1ccccc1)Nc1ncc(-c2ccc(O)cc2)nc1C=Cc1ccccc1. The molecule has 4 aromatic rings. The van der Waals surface area contributed by atoms with Gasteiger partial charge in [0.1, 0.15) is 11.4 Å². The van der Waals surface area contributed by atoms with E-state index >= 15 is 0 Å². The van der Waals surface area contributed by atoms with Gasteiger partial charge >= 0.3 is 0 Å². The molecule has 0 unspecified atom stereocenters. The van der Waals surface area contributed by atoms with E-state index in [9.17, 15) is 9.90 Å². The number of aromatic nitrogens is 2. The van der Waals surface area contributed by atoms with Gasteiger partial charge in [0, 0.05) is 12.0 Å². The fourth-order valence-corrected chi connectivity index (χ4v) is 3.42. The van der Waals surface area contributed by atoms with Crippen molar-refractivity contribution in [3.8, 4) is 17.0 Å². The molecule has 0 saturated carbocycles. The molecule has 0 aliphatic rings. The van der Waals surface area contributed by atoms with E-state index in [4.69, 9.17) is 4.98 Å². The van der Waals surface area contributed by atoms with Crippen molar-refractivity contribution in [2.75, 3.05) is 5.32 Å². The molecular formula is C28H25N3O2. The van der Waals surface area contributed by atoms with E-state index in [1.54, 1.807) is 30.5 Å². The third-order valence-corrected chi connectivity index (χ3v) is 5.17. The summed E-state index contributed by atoms with van der Waals surface area (Å²) in [6.07, 6.45) is 7.43. The number of benzene rings is 3. The van der Waals surface area contributed by atoms with Gasteiger partial charge in [0.2, 0.25) is 5.91 Å². The molecule has 1 amide bonds. The number of anilines is 1. The average Bonchev–Trinajstić information content (AvgIpc) is 2.85. The first-order chi connectivity index (χ1) is 16.2. The van der Waals surface area contributed by atoms with Crippen molar-refractivity contribution in [2.45, 2.75) is 19.3 Å². The lowest BCUT2D eigenvalue weighted by molar-refractivity contribution is -0.116. The molecule has 5 nitrogen and oxygen atoms in total. The number of phenols is 1. The van der Waals surface area contributed by atoms with Crippen LogP contribution in [0.2, 0.25) is 0 Å². The van der Waals surface area contributed by atoms with Gasteiger partial charge in [-0.2, -0.15) is 0 Å². The van der Waals surface area contributed by atoms with Gasteiger partial charge in [-0.3, -0.25) is 4.79 Å². The van der Waals surface area contributed by atoms with Crippen LogP contribution in [0.3, 0.4) is 0 Å². The zero-order valence-corrected chi connectivity index (χ0v) is 18.2. The fraction of sp³-hybridized carbons (Fsp3) is 0.107. The lowest BCUT2D eigenvalue weighted by Gasteiger charge is -2.10. The summed E-state index contributed by atoms with van der Waals surface area (Å²) in [5.41, 5.74) is 4.30. The molecular weight excluding hydrogens is 410 g/mol. The molecule has 0 spiro atoms. The smallest absolute Gasteiger partial charge is 0.225 e. The van der Waals surface area contributed by atoms with E-state index < -0.39 is 0 Å². The number of aryl methyl sites for hydroxylation is 1. The summed E-state index contributed by atoms with van der Waals surface area (Å²) >= 11 is 0. The summed E-state index contributed by atoms with van der Waals surface area (Å²) in [6, 6.07) is 26.8. The van der Waals surface area contributed by atoms with E-state index in [2.05, 4.69) is 22.4 Å². The summed E-state index contributed by atoms with van der Waals surface area (Å²) in [6.45, 7) is 0. The maximum Gasteiger partial charge on any atom is 0.225 e. The second-order valence-electron chi connectivity index (χ2n) is 7.67. The second-order valence-corrected chi connectivity index (χ2v) is 7.67. The largest absolute Gasteiger partial charge is 0.508 e. The Bertz CT molecular complexity index is 1220. The highest BCUT2D eigenvalue weighted by Crippen LogP contribution is 2.23. The number of nitrogens with zero attached hydrogens (tertiary/aromatic N) is 2. The van der Waals surface area contributed by atoms with Crippen LogP contribution in [-0.2, 0) is 11.2 Å². The number of nitrogens with one attached hydrogen (secondary N) is 1. The van der Waals surface area contributed by atoms with Gasteiger partial charge in [-0.15, -0.1) is 0 Å². The molecule has 0 atom stereocenters. The molecule has 0 bridgehead atoms. The Morgan fingerprint density at radius 2 is 1.58 bits per heavy atom. The highest BCUT2D eigenvalue weighted by molar-refractivity contribution is 5.92. The topological polar surface area (TPSA) is 75.1 Å². The van der Waals surface area contributed by atoms with E-state index in [0.717, 1.165) is 24.0 Å². The summed E-state index contributed by atoms with van der Waals surface area (Å²) in [7, 11) is 0. The minimum Gasteiger partial charge on any atom is -0.508 e. The number of aromatic hydroxyl groups is 1. The minimum atomic E-state index is -0.0908. The molecule has 0 aliphatic heterocycles. The summed E-state index contributed by atoms with van der Waals surface area (Å²) in [5.74, 6) is 0.525. The predicted molar refractivity (Wildman–Crippen MR) is 133 cm³/mol. The van der Waals surface area contributed by atoms with Crippen LogP contribution in [-0.4, -0.2) is 21.0 Å². The predicted octanol–water partition coefficient (Wildman–Crippen LogP) is 5.98. The Morgan fingerprint density at radius 1 is 0.879 bits per heavy atom. The van der Waals surface area contributed by atoms with E-state index in [0.29, 0.717) is 23.6 Å². The maximum absolute atomic E-state index is 12.6. The van der Waals surface area contributed by atoms with Gasteiger partial charge in [-0.25, -0.2) is 9.97 Å². The number of hydrogen-bond acceptors (Lipinski definition) is 4. The highest BCUT2D eigenvalue weighted by atomic mass is 16.3. The molecule has 1 aromatic heterocycles. The average molecular weight is 436 g/mol. The van der Waals surface area contributed by atoms with Gasteiger partial charge in [0.05, 0.1) is 11.9 Å². The number of phenolic OH excluding ortho intramolecular Hbond substituents is 1. The molecule has 4 rings (SSSR count). The van der Waals surface area contributed by atoms with Gasteiger partial charge in [-0.05, 0) is 54.3 Å². The van der Waals surface area contributed by atoms with Crippen LogP contribution < -0.4 is 5.32 Å². The van der Waals surface area contributed by atoms with Crippen molar-refractivity contribution in [1.29, 1.82) is 0 Å². The zero-order valence-electron chi connectivity index (χ0n) is 18.2. The summed E-state index contributed by atoms with van der Waals surface area (Å²) in [4.78, 5) is 21.8. The van der Waals surface area contributed by atoms with E-state index in [-0.39, 0.29) is 11.7 Å². The lowest BCUT2D eigenvalue weighted by Crippen LogP contribution is -2.14. The number of carbonyl (C=O) groups is 1. The minimum absolute atomic E-state index is 0.0908. The van der Waals surface area contributed by atoms with E-state index in [1.165, 1.54) is 5.56 Å². The Labute approximate surface area is 193 Å². The normalized spacial score (nSPS) is 10.9. The molecule has 1 heterocycles. The Hall–Kier alpha value is -4.25. The fourth-order valence-electron chi connectivity index (χ4n) is 3.42. The van der Waals surface area contributed by atoms with Crippen LogP contribution >= 0.6 is 0 Å². The van der Waals surface area contributed by atoms with Crippen molar-refractivity contribution >= 4 is 23.9 Å². The first-order valence-corrected chi connectivity index (χ1v) is 10.9. The second kappa shape index (κ2) is 10.9. The summed E-state index contributed by atoms with van der Waals surface area (Å²) < 4.78 is 0. The number of amides is 1. The summed E-state index contributed by atoms with van der Waals surface area (Å²) in [5, 5.41) is 12.5. The number of hydrogen-bond donors (Lipinski definition) is 2. The van der Waals surface area contributed by atoms with Crippen LogP contribution in [0.4, 0.5) is 5.82 Å². The van der Waals surface area contributed by atoms with Crippen molar-refractivity contribution < 1.29 is 9.90 Å². The van der Waals surface area contributed by atoms with Crippen LogP contribution in [0.5, 0.6) is 5.75 Å². The third kappa shape index (κ3) is 6.37. The molecule has 164 valence electrons. The quantitative estimate of drug-likeness (QED) is 0.357. The van der Waals surface area contributed by atoms with Crippen molar-refractivity contribution in [2.24, 2.45) is 0 Å². The van der Waals surface area contributed by atoms with Gasteiger partial charge in [0.25, 0.3) is 0 Å². The van der Waals surface area contributed by atoms with Crippen LogP contribution in [0.15, 0.2) is 91.1 Å². The van der Waals surface area contributed by atoms with Gasteiger partial charge in [-0.1, -0.05) is 66.7 Å². The number of carbonyl (C=O) groups excluding carboxylic acids is 1. The Balaban J connectivity index is 1.51. The Kier molecular flexibility index (Phi) is 7.23. The van der Waals surface area contributed by atoms with E-state index in [1.807, 2.05) is 60.7 Å². The molecule has 5 heteroatoms.